The first-order valence-corrected chi connectivity index (χ1v) is 7.21. The molecule has 0 fully saturated rings. The van der Waals surface area contributed by atoms with E-state index in [0.29, 0.717) is 19.8 Å². The Balaban J connectivity index is 2.67. The maximum Gasteiger partial charge on any atom is 0.136 e. The standard InChI is InChI=1S/C14H22BrNO2/c1-3-12(16)10-11-6-5-7-13(15)14(11)18-9-8-17-4-2/h5-7,12H,3-4,8-10,16H2,1-2H3. The third-order valence-corrected chi connectivity index (χ3v) is 3.36. The molecule has 18 heavy (non-hydrogen) atoms. The number of hydrogen-bond donors (Lipinski definition) is 1. The van der Waals surface area contributed by atoms with Crippen LogP contribution in [-0.2, 0) is 11.2 Å². The van der Waals surface area contributed by atoms with Gasteiger partial charge in [-0.25, -0.2) is 0 Å². The Labute approximate surface area is 118 Å². The zero-order chi connectivity index (χ0) is 13.4. The molecule has 1 unspecified atom stereocenters. The van der Waals surface area contributed by atoms with Gasteiger partial charge in [0.1, 0.15) is 12.4 Å². The molecule has 0 saturated heterocycles. The number of benzene rings is 1. The van der Waals surface area contributed by atoms with E-state index in [2.05, 4.69) is 28.9 Å². The predicted octanol–water partition coefficient (Wildman–Crippen LogP) is 3.14. The van der Waals surface area contributed by atoms with Gasteiger partial charge in [0.15, 0.2) is 0 Å². The van der Waals surface area contributed by atoms with Gasteiger partial charge in [-0.2, -0.15) is 0 Å². The molecule has 3 nitrogen and oxygen atoms in total. The van der Waals surface area contributed by atoms with E-state index in [1.165, 1.54) is 0 Å². The summed E-state index contributed by atoms with van der Waals surface area (Å²) in [6.07, 6.45) is 1.80. The van der Waals surface area contributed by atoms with Gasteiger partial charge in [0.05, 0.1) is 11.1 Å². The van der Waals surface area contributed by atoms with Crippen molar-refractivity contribution in [3.05, 3.63) is 28.2 Å². The molecule has 102 valence electrons. The fourth-order valence-corrected chi connectivity index (χ4v) is 2.17. The molecule has 2 N–H and O–H groups in total. The smallest absolute Gasteiger partial charge is 0.136 e. The lowest BCUT2D eigenvalue weighted by atomic mass is 10.0. The van der Waals surface area contributed by atoms with E-state index in [4.69, 9.17) is 15.2 Å². The fraction of sp³-hybridized carbons (Fsp3) is 0.571. The van der Waals surface area contributed by atoms with Crippen LogP contribution in [0.25, 0.3) is 0 Å². The van der Waals surface area contributed by atoms with Crippen LogP contribution >= 0.6 is 15.9 Å². The highest BCUT2D eigenvalue weighted by molar-refractivity contribution is 9.10. The fourth-order valence-electron chi connectivity index (χ4n) is 1.65. The van der Waals surface area contributed by atoms with Crippen molar-refractivity contribution < 1.29 is 9.47 Å². The molecule has 1 atom stereocenters. The normalized spacial score (nSPS) is 12.4. The maximum absolute atomic E-state index is 6.00. The summed E-state index contributed by atoms with van der Waals surface area (Å²) in [5.74, 6) is 0.890. The molecule has 0 radical (unpaired) electrons. The van der Waals surface area contributed by atoms with Crippen molar-refractivity contribution in [2.45, 2.75) is 32.7 Å². The number of rotatable bonds is 8. The average Bonchev–Trinajstić information content (AvgIpc) is 2.37. The van der Waals surface area contributed by atoms with E-state index in [-0.39, 0.29) is 6.04 Å². The Morgan fingerprint density at radius 2 is 2.06 bits per heavy atom. The van der Waals surface area contributed by atoms with Gasteiger partial charge >= 0.3 is 0 Å². The van der Waals surface area contributed by atoms with Crippen LogP contribution in [0.1, 0.15) is 25.8 Å². The molecule has 0 heterocycles. The van der Waals surface area contributed by atoms with Gasteiger partial charge in [-0.3, -0.25) is 0 Å². The first kappa shape index (κ1) is 15.5. The Bertz CT molecular complexity index is 358. The molecule has 1 aromatic rings. The van der Waals surface area contributed by atoms with Crippen LogP contribution in [0, 0.1) is 0 Å². The van der Waals surface area contributed by atoms with Crippen LogP contribution in [0.4, 0.5) is 0 Å². The molecular formula is C14H22BrNO2. The lowest BCUT2D eigenvalue weighted by Crippen LogP contribution is -2.22. The van der Waals surface area contributed by atoms with Crippen molar-refractivity contribution in [1.82, 2.24) is 0 Å². The van der Waals surface area contributed by atoms with Crippen molar-refractivity contribution in [2.24, 2.45) is 5.73 Å². The van der Waals surface area contributed by atoms with Gasteiger partial charge in [-0.15, -0.1) is 0 Å². The van der Waals surface area contributed by atoms with E-state index in [1.807, 2.05) is 19.1 Å². The third kappa shape index (κ3) is 4.96. The third-order valence-electron chi connectivity index (χ3n) is 2.73. The largest absolute Gasteiger partial charge is 0.490 e. The second-order valence-corrected chi connectivity index (χ2v) is 5.00. The zero-order valence-electron chi connectivity index (χ0n) is 11.1. The molecule has 0 aliphatic carbocycles. The van der Waals surface area contributed by atoms with Crippen molar-refractivity contribution in [1.29, 1.82) is 0 Å². The Kier molecular flexibility index (Phi) is 7.32. The summed E-state index contributed by atoms with van der Waals surface area (Å²) < 4.78 is 12.0. The van der Waals surface area contributed by atoms with Gasteiger partial charge in [0.2, 0.25) is 0 Å². The Hall–Kier alpha value is -0.580. The summed E-state index contributed by atoms with van der Waals surface area (Å²) in [4.78, 5) is 0. The average molecular weight is 316 g/mol. The minimum Gasteiger partial charge on any atom is -0.490 e. The van der Waals surface area contributed by atoms with Crippen molar-refractivity contribution in [2.75, 3.05) is 19.8 Å². The highest BCUT2D eigenvalue weighted by atomic mass is 79.9. The number of nitrogens with two attached hydrogens (primary N) is 1. The highest BCUT2D eigenvalue weighted by Gasteiger charge is 2.10. The Morgan fingerprint density at radius 1 is 1.28 bits per heavy atom. The van der Waals surface area contributed by atoms with Gasteiger partial charge in [0.25, 0.3) is 0 Å². The van der Waals surface area contributed by atoms with Gasteiger partial charge in [-0.1, -0.05) is 19.1 Å². The van der Waals surface area contributed by atoms with Crippen LogP contribution < -0.4 is 10.5 Å². The van der Waals surface area contributed by atoms with Crippen molar-refractivity contribution in [3.63, 3.8) is 0 Å². The van der Waals surface area contributed by atoms with E-state index in [0.717, 1.165) is 28.6 Å². The summed E-state index contributed by atoms with van der Waals surface area (Å²) in [7, 11) is 0. The molecule has 0 bridgehead atoms. The topological polar surface area (TPSA) is 44.5 Å². The van der Waals surface area contributed by atoms with E-state index in [1.54, 1.807) is 0 Å². The molecular weight excluding hydrogens is 294 g/mol. The van der Waals surface area contributed by atoms with Crippen LogP contribution in [-0.4, -0.2) is 25.9 Å². The number of halogens is 1. The molecule has 0 aliphatic rings. The zero-order valence-corrected chi connectivity index (χ0v) is 12.7. The molecule has 0 saturated carbocycles. The second-order valence-electron chi connectivity index (χ2n) is 4.15. The molecule has 4 heteroatoms. The van der Waals surface area contributed by atoms with Crippen LogP contribution in [0.5, 0.6) is 5.75 Å². The number of ether oxygens (including phenoxy) is 2. The summed E-state index contributed by atoms with van der Waals surface area (Å²) in [6.45, 7) is 5.96. The summed E-state index contributed by atoms with van der Waals surface area (Å²) >= 11 is 3.52. The van der Waals surface area contributed by atoms with Gasteiger partial charge in [0, 0.05) is 12.6 Å². The second kappa shape index (κ2) is 8.51. The SMILES string of the molecule is CCOCCOc1c(Br)cccc1CC(N)CC. The minimum atomic E-state index is 0.175. The molecule has 0 aromatic heterocycles. The maximum atomic E-state index is 6.00. The van der Waals surface area contributed by atoms with E-state index >= 15 is 0 Å². The predicted molar refractivity (Wildman–Crippen MR) is 78.1 cm³/mol. The van der Waals surface area contributed by atoms with Crippen molar-refractivity contribution in [3.8, 4) is 5.75 Å². The van der Waals surface area contributed by atoms with Crippen LogP contribution in [0.15, 0.2) is 22.7 Å². The molecule has 0 amide bonds. The number of hydrogen-bond acceptors (Lipinski definition) is 3. The van der Waals surface area contributed by atoms with Crippen LogP contribution in [0.2, 0.25) is 0 Å². The monoisotopic (exact) mass is 315 g/mol. The molecule has 1 aromatic carbocycles. The highest BCUT2D eigenvalue weighted by Crippen LogP contribution is 2.30. The summed E-state index contributed by atoms with van der Waals surface area (Å²) in [6, 6.07) is 6.23. The van der Waals surface area contributed by atoms with E-state index < -0.39 is 0 Å². The first-order valence-electron chi connectivity index (χ1n) is 6.42. The summed E-state index contributed by atoms with van der Waals surface area (Å²) in [5.41, 5.74) is 7.15. The molecule has 1 rings (SSSR count). The quantitative estimate of drug-likeness (QED) is 0.749. The van der Waals surface area contributed by atoms with Crippen LogP contribution in [0.3, 0.4) is 0 Å². The Morgan fingerprint density at radius 3 is 2.72 bits per heavy atom. The minimum absolute atomic E-state index is 0.175. The number of para-hydroxylation sites is 1. The summed E-state index contributed by atoms with van der Waals surface area (Å²) in [5, 5.41) is 0. The first-order chi connectivity index (χ1) is 8.69. The molecule has 0 spiro atoms. The van der Waals surface area contributed by atoms with Crippen molar-refractivity contribution >= 4 is 15.9 Å². The lowest BCUT2D eigenvalue weighted by molar-refractivity contribution is 0.109. The van der Waals surface area contributed by atoms with E-state index in [9.17, 15) is 0 Å². The molecule has 0 aliphatic heterocycles. The van der Waals surface area contributed by atoms with Gasteiger partial charge < -0.3 is 15.2 Å². The lowest BCUT2D eigenvalue weighted by Gasteiger charge is -2.15. The van der Waals surface area contributed by atoms with Gasteiger partial charge in [-0.05, 0) is 47.3 Å².